The zero-order chi connectivity index (χ0) is 14.5. The third kappa shape index (κ3) is 5.86. The summed E-state index contributed by atoms with van der Waals surface area (Å²) in [5, 5.41) is 9.09. The molecule has 1 aromatic carbocycles. The Kier molecular flexibility index (Phi) is 5.10. The first-order valence-electron chi connectivity index (χ1n) is 6.18. The highest BCUT2D eigenvalue weighted by Crippen LogP contribution is 2.20. The first kappa shape index (κ1) is 15.7. The topological polar surface area (TPSA) is 70.0 Å². The van der Waals surface area contributed by atoms with Crippen LogP contribution in [0.15, 0.2) is 30.3 Å². The third-order valence-electron chi connectivity index (χ3n) is 2.68. The minimum Gasteiger partial charge on any atom is -0.212 e. The van der Waals surface area contributed by atoms with E-state index in [1.54, 1.807) is 24.3 Å². The van der Waals surface area contributed by atoms with Crippen molar-refractivity contribution in [2.45, 2.75) is 33.2 Å². The van der Waals surface area contributed by atoms with Gasteiger partial charge in [0, 0.05) is 0 Å². The summed E-state index contributed by atoms with van der Waals surface area (Å²) in [7, 11) is -3.45. The van der Waals surface area contributed by atoms with Crippen molar-refractivity contribution >= 4 is 10.0 Å². The molecule has 1 rings (SSSR count). The molecule has 0 aliphatic rings. The van der Waals surface area contributed by atoms with Crippen LogP contribution < -0.4 is 4.72 Å². The lowest BCUT2D eigenvalue weighted by atomic mass is 9.94. The fraction of sp³-hybridized carbons (Fsp3) is 0.500. The van der Waals surface area contributed by atoms with Crippen molar-refractivity contribution in [2.24, 2.45) is 5.41 Å². The van der Waals surface area contributed by atoms with E-state index in [-0.39, 0.29) is 11.2 Å². The van der Waals surface area contributed by atoms with Crippen LogP contribution >= 0.6 is 0 Å². The molecule has 0 saturated heterocycles. The van der Waals surface area contributed by atoms with Crippen LogP contribution in [-0.2, 0) is 10.0 Å². The molecule has 1 N–H and O–H groups in total. The number of nitrogens with zero attached hydrogens (tertiary/aromatic N) is 1. The lowest BCUT2D eigenvalue weighted by Gasteiger charge is -2.19. The minimum atomic E-state index is -3.45. The summed E-state index contributed by atoms with van der Waals surface area (Å²) in [6.45, 7) is 5.96. The van der Waals surface area contributed by atoms with E-state index in [0.29, 0.717) is 12.0 Å². The Bertz CT molecular complexity index is 539. The SMILES string of the molecule is CC(C)(C)CCS(=O)(=O)NC(C#N)c1ccccc1. The number of hydrogen-bond donors (Lipinski definition) is 1. The molecular weight excluding hydrogens is 260 g/mol. The molecule has 4 nitrogen and oxygen atoms in total. The van der Waals surface area contributed by atoms with Gasteiger partial charge in [0.2, 0.25) is 10.0 Å². The molecule has 0 aromatic heterocycles. The van der Waals surface area contributed by atoms with Gasteiger partial charge in [-0.1, -0.05) is 51.1 Å². The summed E-state index contributed by atoms with van der Waals surface area (Å²) >= 11 is 0. The van der Waals surface area contributed by atoms with Crippen LogP contribution in [0.25, 0.3) is 0 Å². The van der Waals surface area contributed by atoms with Gasteiger partial charge in [0.25, 0.3) is 0 Å². The number of benzene rings is 1. The van der Waals surface area contributed by atoms with Gasteiger partial charge in [-0.25, -0.2) is 8.42 Å². The highest BCUT2D eigenvalue weighted by atomic mass is 32.2. The first-order chi connectivity index (χ1) is 8.73. The van der Waals surface area contributed by atoms with Crippen molar-refractivity contribution in [1.82, 2.24) is 4.72 Å². The Hall–Kier alpha value is -1.38. The molecular formula is C14H20N2O2S. The van der Waals surface area contributed by atoms with Gasteiger partial charge in [0.05, 0.1) is 11.8 Å². The van der Waals surface area contributed by atoms with Gasteiger partial charge in [-0.2, -0.15) is 9.98 Å². The van der Waals surface area contributed by atoms with Crippen LogP contribution in [0.2, 0.25) is 0 Å². The van der Waals surface area contributed by atoms with Crippen molar-refractivity contribution in [3.8, 4) is 6.07 Å². The van der Waals surface area contributed by atoms with Crippen LogP contribution in [0.3, 0.4) is 0 Å². The second kappa shape index (κ2) is 6.18. The second-order valence-electron chi connectivity index (χ2n) is 5.72. The van der Waals surface area contributed by atoms with Gasteiger partial charge >= 0.3 is 0 Å². The van der Waals surface area contributed by atoms with Crippen molar-refractivity contribution in [3.63, 3.8) is 0 Å². The average molecular weight is 280 g/mol. The largest absolute Gasteiger partial charge is 0.213 e. The fourth-order valence-corrected chi connectivity index (χ4v) is 3.04. The zero-order valence-electron chi connectivity index (χ0n) is 11.6. The summed E-state index contributed by atoms with van der Waals surface area (Å²) in [6.07, 6.45) is 0.551. The van der Waals surface area contributed by atoms with Gasteiger partial charge in [-0.3, -0.25) is 0 Å². The van der Waals surface area contributed by atoms with Gasteiger partial charge in [-0.05, 0) is 17.4 Å². The van der Waals surface area contributed by atoms with Crippen molar-refractivity contribution < 1.29 is 8.42 Å². The highest BCUT2D eigenvalue weighted by Gasteiger charge is 2.21. The maximum Gasteiger partial charge on any atom is 0.213 e. The predicted octanol–water partition coefficient (Wildman–Crippen LogP) is 2.61. The molecule has 5 heteroatoms. The molecule has 0 bridgehead atoms. The standard InChI is InChI=1S/C14H20N2O2S/c1-14(2,3)9-10-19(17,18)16-13(11-15)12-7-5-4-6-8-12/h4-8,13,16H,9-10H2,1-3H3. The second-order valence-corrected chi connectivity index (χ2v) is 7.59. The Morgan fingerprint density at radius 2 is 1.84 bits per heavy atom. The Labute approximate surface area is 115 Å². The van der Waals surface area contributed by atoms with E-state index in [9.17, 15) is 8.42 Å². The molecule has 104 valence electrons. The monoisotopic (exact) mass is 280 g/mol. The lowest BCUT2D eigenvalue weighted by molar-refractivity contribution is 0.396. The number of nitriles is 1. The smallest absolute Gasteiger partial charge is 0.212 e. The number of rotatable bonds is 5. The van der Waals surface area contributed by atoms with E-state index in [0.717, 1.165) is 0 Å². The average Bonchev–Trinajstić information content (AvgIpc) is 2.34. The van der Waals surface area contributed by atoms with Crippen LogP contribution in [0.1, 0.15) is 38.8 Å². The Morgan fingerprint density at radius 3 is 2.32 bits per heavy atom. The number of hydrogen-bond acceptors (Lipinski definition) is 3. The lowest BCUT2D eigenvalue weighted by Crippen LogP contribution is -2.31. The number of sulfonamides is 1. The summed E-state index contributed by atoms with van der Waals surface area (Å²) < 4.78 is 26.4. The molecule has 0 heterocycles. The van der Waals surface area contributed by atoms with Crippen molar-refractivity contribution in [2.75, 3.05) is 5.75 Å². The molecule has 0 saturated carbocycles. The third-order valence-corrected chi connectivity index (χ3v) is 4.02. The van der Waals surface area contributed by atoms with Crippen molar-refractivity contribution in [1.29, 1.82) is 5.26 Å². The molecule has 0 aliphatic heterocycles. The summed E-state index contributed by atoms with van der Waals surface area (Å²) in [6, 6.07) is 10.0. The number of nitrogens with one attached hydrogen (secondary N) is 1. The zero-order valence-corrected chi connectivity index (χ0v) is 12.4. The molecule has 0 fully saturated rings. The van der Waals surface area contributed by atoms with Crippen molar-refractivity contribution in [3.05, 3.63) is 35.9 Å². The quantitative estimate of drug-likeness (QED) is 0.901. The van der Waals surface area contributed by atoms with Crippen LogP contribution in [0, 0.1) is 16.7 Å². The first-order valence-corrected chi connectivity index (χ1v) is 7.83. The summed E-state index contributed by atoms with van der Waals surface area (Å²) in [5.74, 6) is 0.0293. The molecule has 1 atom stereocenters. The normalized spacial score (nSPS) is 13.8. The molecule has 0 amide bonds. The van der Waals surface area contributed by atoms with E-state index in [1.165, 1.54) is 0 Å². The van der Waals surface area contributed by atoms with E-state index < -0.39 is 16.1 Å². The molecule has 0 radical (unpaired) electrons. The Morgan fingerprint density at radius 1 is 1.26 bits per heavy atom. The van der Waals surface area contributed by atoms with Gasteiger partial charge in [0.15, 0.2) is 0 Å². The maximum atomic E-state index is 12.0. The maximum absolute atomic E-state index is 12.0. The van der Waals surface area contributed by atoms with Gasteiger partial charge in [-0.15, -0.1) is 0 Å². The molecule has 1 unspecified atom stereocenters. The summed E-state index contributed by atoms with van der Waals surface area (Å²) in [4.78, 5) is 0. The van der Waals surface area contributed by atoms with Crippen LogP contribution in [-0.4, -0.2) is 14.2 Å². The van der Waals surface area contributed by atoms with E-state index >= 15 is 0 Å². The summed E-state index contributed by atoms with van der Waals surface area (Å²) in [5.41, 5.74) is 0.605. The highest BCUT2D eigenvalue weighted by molar-refractivity contribution is 7.89. The van der Waals surface area contributed by atoms with E-state index in [4.69, 9.17) is 5.26 Å². The van der Waals surface area contributed by atoms with E-state index in [1.807, 2.05) is 32.9 Å². The van der Waals surface area contributed by atoms with Gasteiger partial charge < -0.3 is 0 Å². The molecule has 19 heavy (non-hydrogen) atoms. The minimum absolute atomic E-state index is 0.0293. The molecule has 1 aromatic rings. The van der Waals surface area contributed by atoms with Crippen LogP contribution in [0.4, 0.5) is 0 Å². The van der Waals surface area contributed by atoms with Crippen LogP contribution in [0.5, 0.6) is 0 Å². The predicted molar refractivity (Wildman–Crippen MR) is 75.8 cm³/mol. The molecule has 0 spiro atoms. The Balaban J connectivity index is 2.74. The van der Waals surface area contributed by atoms with E-state index in [2.05, 4.69) is 4.72 Å². The fourth-order valence-electron chi connectivity index (χ4n) is 1.49. The molecule has 0 aliphatic carbocycles. The van der Waals surface area contributed by atoms with Gasteiger partial charge in [0.1, 0.15) is 6.04 Å².